The predicted octanol–water partition coefficient (Wildman–Crippen LogP) is 1.90. The van der Waals surface area contributed by atoms with Crippen molar-refractivity contribution in [2.75, 3.05) is 13.1 Å². The number of carbonyl (C=O) groups is 1. The quantitative estimate of drug-likeness (QED) is 0.587. The van der Waals surface area contributed by atoms with Gasteiger partial charge in [-0.05, 0) is 36.2 Å². The zero-order chi connectivity index (χ0) is 18.8. The largest absolute Gasteiger partial charge is 0.392 e. The van der Waals surface area contributed by atoms with Gasteiger partial charge < -0.3 is 10.4 Å². The van der Waals surface area contributed by atoms with E-state index >= 15 is 0 Å². The Morgan fingerprint density at radius 3 is 3.00 bits per heavy atom. The number of likely N-dealkylation sites (tertiary alicyclic amines) is 1. The van der Waals surface area contributed by atoms with Gasteiger partial charge in [0.2, 0.25) is 5.69 Å². The molecular formula is C20H22ClN4O2+. The lowest BCUT2D eigenvalue weighted by molar-refractivity contribution is -0.522. The lowest BCUT2D eigenvalue weighted by Crippen LogP contribution is -2.31. The number of aromatic amines is 1. The molecule has 1 unspecified atom stereocenters. The molecule has 7 heteroatoms. The van der Waals surface area contributed by atoms with Crippen molar-refractivity contribution in [2.45, 2.75) is 25.6 Å². The van der Waals surface area contributed by atoms with Crippen molar-refractivity contribution >= 4 is 23.0 Å². The third-order valence-electron chi connectivity index (χ3n) is 4.87. The number of aliphatic hydroxyl groups is 1. The molecule has 3 N–H and O–H groups in total. The van der Waals surface area contributed by atoms with E-state index in [-0.39, 0.29) is 12.0 Å². The summed E-state index contributed by atoms with van der Waals surface area (Å²) in [6.07, 6.45) is 2.47. The first-order valence-corrected chi connectivity index (χ1v) is 9.42. The first-order valence-electron chi connectivity index (χ1n) is 9.04. The summed E-state index contributed by atoms with van der Waals surface area (Å²) in [5.74, 6) is 0.763. The molecular weight excluding hydrogens is 364 g/mol. The van der Waals surface area contributed by atoms with Gasteiger partial charge in [0, 0.05) is 24.7 Å². The molecule has 27 heavy (non-hydrogen) atoms. The maximum atomic E-state index is 12.8. The number of rotatable bonds is 5. The molecule has 0 spiro atoms. The van der Waals surface area contributed by atoms with Crippen LogP contribution in [-0.4, -0.2) is 40.1 Å². The molecule has 4 rings (SSSR count). The number of halogens is 1. The molecule has 6 nitrogen and oxygen atoms in total. The number of carbonyl (C=O) groups excluding carboxylic acids is 1. The summed E-state index contributed by atoms with van der Waals surface area (Å²) in [6, 6.07) is 13.2. The average Bonchev–Trinajstić information content (AvgIpc) is 3.24. The van der Waals surface area contributed by atoms with Gasteiger partial charge in [-0.1, -0.05) is 29.8 Å². The minimum absolute atomic E-state index is 0.161. The van der Waals surface area contributed by atoms with Crippen molar-refractivity contribution in [1.82, 2.24) is 15.2 Å². The second-order valence-corrected chi connectivity index (χ2v) is 7.33. The lowest BCUT2D eigenvalue weighted by Gasteiger charge is -2.10. The van der Waals surface area contributed by atoms with Gasteiger partial charge in [0.1, 0.15) is 6.54 Å². The summed E-state index contributed by atoms with van der Waals surface area (Å²) in [4.78, 5) is 18.2. The van der Waals surface area contributed by atoms with Crippen molar-refractivity contribution in [2.24, 2.45) is 0 Å². The number of hydrogen-bond acceptors (Lipinski definition) is 3. The van der Waals surface area contributed by atoms with Gasteiger partial charge >= 0.3 is 0 Å². The van der Waals surface area contributed by atoms with Gasteiger partial charge in [-0.25, -0.2) is 4.98 Å². The molecule has 3 heterocycles. The Morgan fingerprint density at radius 2 is 2.22 bits per heavy atom. The number of fused-ring (bicyclic) bond motifs is 1. The maximum Gasteiger partial charge on any atom is 0.295 e. The van der Waals surface area contributed by atoms with Crippen molar-refractivity contribution in [3.05, 3.63) is 70.8 Å². The molecule has 0 bridgehead atoms. The smallest absolute Gasteiger partial charge is 0.295 e. The number of benzene rings is 1. The number of H-pyrrole nitrogens is 1. The lowest BCUT2D eigenvalue weighted by atomic mass is 10.2. The molecule has 1 aliphatic rings. The molecule has 0 aliphatic carbocycles. The maximum absolute atomic E-state index is 12.8. The van der Waals surface area contributed by atoms with Crippen LogP contribution in [0.2, 0.25) is 5.02 Å². The van der Waals surface area contributed by atoms with Gasteiger partial charge in [0.15, 0.2) is 5.52 Å². The summed E-state index contributed by atoms with van der Waals surface area (Å²) in [5.41, 5.74) is 2.31. The summed E-state index contributed by atoms with van der Waals surface area (Å²) in [7, 11) is 0. The highest BCUT2D eigenvalue weighted by Gasteiger charge is 2.27. The minimum atomic E-state index is -0.267. The molecule has 140 valence electrons. The number of pyridine rings is 1. The Balaban J connectivity index is 1.55. The van der Waals surface area contributed by atoms with E-state index in [0.29, 0.717) is 30.4 Å². The Hall–Kier alpha value is -2.41. The first kappa shape index (κ1) is 18.0. The molecule has 0 radical (unpaired) electrons. The van der Waals surface area contributed by atoms with Gasteiger partial charge in [0.25, 0.3) is 11.7 Å². The Bertz CT molecular complexity index is 972. The summed E-state index contributed by atoms with van der Waals surface area (Å²) in [6.45, 7) is 2.57. The van der Waals surface area contributed by atoms with Gasteiger partial charge in [-0.3, -0.25) is 9.69 Å². The third-order valence-corrected chi connectivity index (χ3v) is 5.10. The van der Waals surface area contributed by atoms with Crippen LogP contribution in [-0.2, 0) is 13.1 Å². The molecule has 2 aromatic heterocycles. The van der Waals surface area contributed by atoms with Crippen LogP contribution in [0.1, 0.15) is 28.3 Å². The fraction of sp³-hybridized carbons (Fsp3) is 0.300. The molecule has 0 saturated carbocycles. The zero-order valence-corrected chi connectivity index (χ0v) is 15.6. The molecule has 1 saturated heterocycles. The number of amides is 1. The normalized spacial score (nSPS) is 17.5. The molecule has 1 aliphatic heterocycles. The van der Waals surface area contributed by atoms with E-state index in [4.69, 9.17) is 11.6 Å². The summed E-state index contributed by atoms with van der Waals surface area (Å²) in [5, 5.41) is 13.4. The van der Waals surface area contributed by atoms with Crippen molar-refractivity contribution in [3.63, 3.8) is 0 Å². The minimum Gasteiger partial charge on any atom is -0.392 e. The zero-order valence-electron chi connectivity index (χ0n) is 14.9. The Kier molecular flexibility index (Phi) is 5.11. The summed E-state index contributed by atoms with van der Waals surface area (Å²) < 4.78 is 2.00. The predicted molar refractivity (Wildman–Crippen MR) is 102 cm³/mol. The number of β-amino-alcohol motifs (C(OH)–C–C–N with tert-alkyl or cyclic N) is 1. The summed E-state index contributed by atoms with van der Waals surface area (Å²) >= 11 is 6.01. The van der Waals surface area contributed by atoms with Gasteiger partial charge in [-0.2, -0.15) is 4.40 Å². The topological polar surface area (TPSA) is 72.5 Å². The van der Waals surface area contributed by atoms with E-state index in [1.807, 2.05) is 53.1 Å². The van der Waals surface area contributed by atoms with Crippen LogP contribution in [0, 0.1) is 0 Å². The van der Waals surface area contributed by atoms with Crippen LogP contribution >= 0.6 is 11.6 Å². The Morgan fingerprint density at radius 1 is 1.33 bits per heavy atom. The number of aliphatic hydroxyl groups excluding tert-OH is 1. The molecule has 1 amide bonds. The molecule has 1 aromatic carbocycles. The number of imidazole rings is 1. The van der Waals surface area contributed by atoms with E-state index < -0.39 is 0 Å². The third kappa shape index (κ3) is 3.98. The highest BCUT2D eigenvalue weighted by Crippen LogP contribution is 2.14. The van der Waals surface area contributed by atoms with Crippen molar-refractivity contribution < 1.29 is 14.3 Å². The highest BCUT2D eigenvalue weighted by atomic mass is 35.5. The van der Waals surface area contributed by atoms with Crippen LogP contribution < -0.4 is 9.72 Å². The monoisotopic (exact) mass is 385 g/mol. The van der Waals surface area contributed by atoms with E-state index in [0.717, 1.165) is 29.9 Å². The number of hydrogen-bond donors (Lipinski definition) is 3. The van der Waals surface area contributed by atoms with Crippen LogP contribution in [0.5, 0.6) is 0 Å². The van der Waals surface area contributed by atoms with Crippen molar-refractivity contribution in [1.29, 1.82) is 0 Å². The van der Waals surface area contributed by atoms with Gasteiger partial charge in [-0.15, -0.1) is 0 Å². The van der Waals surface area contributed by atoms with E-state index in [2.05, 4.69) is 15.2 Å². The van der Waals surface area contributed by atoms with Crippen LogP contribution in [0.25, 0.3) is 5.52 Å². The van der Waals surface area contributed by atoms with E-state index in [9.17, 15) is 9.90 Å². The molecule has 1 fully saturated rings. The number of aromatic nitrogens is 2. The van der Waals surface area contributed by atoms with E-state index in [1.54, 1.807) is 0 Å². The van der Waals surface area contributed by atoms with E-state index in [1.165, 1.54) is 0 Å². The Labute approximate surface area is 162 Å². The van der Waals surface area contributed by atoms with Crippen LogP contribution in [0.4, 0.5) is 0 Å². The first-order chi connectivity index (χ1) is 13.1. The number of nitrogens with one attached hydrogen (secondary N) is 2. The fourth-order valence-electron chi connectivity index (χ4n) is 3.52. The molecule has 3 aromatic rings. The standard InChI is InChI=1S/C20H21ClN4O2/c21-15-5-3-4-14(10-15)11-22-20(27)19-17-6-1-2-8-25(17)18(23-19)13-24-9-7-16(26)12-24/h1-6,8,10,16,26H,7,9,11-13H2,(H,22,27)/p+1. The highest BCUT2D eigenvalue weighted by molar-refractivity contribution is 6.30. The second kappa shape index (κ2) is 7.68. The SMILES string of the molecule is O=C(NCc1cccc(Cl)c1)c1[nH]c(CN2CCC(O)C2)[n+]2ccccc12. The fourth-order valence-corrected chi connectivity index (χ4v) is 3.74. The van der Waals surface area contributed by atoms with Crippen LogP contribution in [0.15, 0.2) is 48.7 Å². The van der Waals surface area contributed by atoms with Crippen molar-refractivity contribution in [3.8, 4) is 0 Å². The van der Waals surface area contributed by atoms with Gasteiger partial charge in [0.05, 0.1) is 12.3 Å². The second-order valence-electron chi connectivity index (χ2n) is 6.89. The average molecular weight is 386 g/mol. The molecule has 1 atom stereocenters. The number of nitrogens with zero attached hydrogens (tertiary/aromatic N) is 2. The van der Waals surface area contributed by atoms with Crippen LogP contribution in [0.3, 0.4) is 0 Å².